The predicted octanol–water partition coefficient (Wildman–Crippen LogP) is -0.0284. The molecular weight excluding hydrogens is 865 g/mol. The minimum absolute atomic E-state index is 0.0861. The van der Waals surface area contributed by atoms with E-state index in [1.54, 1.807) is 0 Å². The molecule has 7 aliphatic rings. The van der Waals surface area contributed by atoms with Crippen LogP contribution in [0.15, 0.2) is 11.6 Å². The second-order valence-electron chi connectivity index (χ2n) is 23.0. The maximum absolute atomic E-state index is 12.7. The molecule has 382 valence electrons. The predicted molar refractivity (Wildman–Crippen MR) is 234 cm³/mol. The van der Waals surface area contributed by atoms with E-state index in [1.165, 1.54) is 6.92 Å². The van der Waals surface area contributed by atoms with Gasteiger partial charge in [-0.05, 0) is 124 Å². The van der Waals surface area contributed by atoms with Crippen molar-refractivity contribution in [2.75, 3.05) is 13.2 Å². The van der Waals surface area contributed by atoms with Crippen LogP contribution in [0.25, 0.3) is 0 Å². The normalized spacial score (nSPS) is 53.5. The lowest BCUT2D eigenvalue weighted by Crippen LogP contribution is -2.71. The van der Waals surface area contributed by atoms with E-state index in [-0.39, 0.29) is 23.7 Å². The molecule has 18 nitrogen and oxygen atoms in total. The fourth-order valence-electron chi connectivity index (χ4n) is 14.9. The number of aliphatic hydroxyl groups excluding tert-OH is 12. The minimum Gasteiger partial charge on any atom is -0.394 e. The third-order valence-electron chi connectivity index (χ3n) is 18.7. The summed E-state index contributed by atoms with van der Waals surface area (Å²) in [5.41, 5.74) is -2.43. The molecular formula is C48H82O18. The van der Waals surface area contributed by atoms with Crippen LogP contribution < -0.4 is 0 Å². The summed E-state index contributed by atoms with van der Waals surface area (Å²) >= 11 is 0. The van der Waals surface area contributed by atoms with Crippen molar-refractivity contribution in [3.05, 3.63) is 11.6 Å². The Morgan fingerprint density at radius 3 is 1.89 bits per heavy atom. The first-order valence-electron chi connectivity index (χ1n) is 24.3. The Bertz CT molecular complexity index is 1700. The standard InChI is InChI=1S/C48H82O18/c1-21(2)11-10-14-48(9,66-42-38(60)35(57)32(54)26(19-49)63-42)23-12-16-46(7)30(23)24(51)17-28-45(6)15-13-29(52)44(4,5)40(45)25(18-47(28,46)8)62-43-39(36(58)33(55)27(20-50)64-43)65-41-37(59)34(56)31(53)22(3)61-41/h11,22-43,49-60H,10,12-20H2,1-9H3/t22-,23?,24+,25-,26+,27+,28?,29-,30+,31-,32+,33+,34+,35-,36-,37+,38+,39+,40-,41-,42-,43+,45+,46+,47+,48-/m0/s1. The van der Waals surface area contributed by atoms with Crippen LogP contribution in [-0.4, -0.2) is 191 Å². The highest BCUT2D eigenvalue weighted by molar-refractivity contribution is 5.22. The summed E-state index contributed by atoms with van der Waals surface area (Å²) in [7, 11) is 0. The van der Waals surface area contributed by atoms with Gasteiger partial charge in [0.2, 0.25) is 0 Å². The Hall–Kier alpha value is -0.980. The SMILES string of the molecule is CC(C)=CCC[C@](C)(O[C@@H]1O[C@H](CO)[C@@H](O)[C@H](O)[C@H]1O)C1CC[C@]2(C)[C@H]1[C@H](O)CC1[C@@]3(C)CC[C@H](O)C(C)(C)[C@@H]3[C@@H](O[C@@H]3O[C@H](CO)[C@@H](O)[C@H](O)[C@H]3O[C@@H]3O[C@@H](C)[C@H](O)[C@@H](O)[C@H]3O)C[C@]12C. The Labute approximate surface area is 388 Å². The molecule has 3 aliphatic heterocycles. The molecule has 3 heterocycles. The van der Waals surface area contributed by atoms with Crippen LogP contribution >= 0.6 is 0 Å². The monoisotopic (exact) mass is 947 g/mol. The second kappa shape index (κ2) is 19.2. The van der Waals surface area contributed by atoms with Gasteiger partial charge in [-0.3, -0.25) is 0 Å². The summed E-state index contributed by atoms with van der Waals surface area (Å²) < 4.78 is 38.1. The van der Waals surface area contributed by atoms with E-state index in [9.17, 15) is 61.3 Å². The van der Waals surface area contributed by atoms with Crippen LogP contribution in [0.1, 0.15) is 114 Å². The van der Waals surface area contributed by atoms with Crippen molar-refractivity contribution in [3.8, 4) is 0 Å². The molecule has 7 rings (SSSR count). The van der Waals surface area contributed by atoms with Crippen LogP contribution in [0.4, 0.5) is 0 Å². The van der Waals surface area contributed by atoms with Gasteiger partial charge in [0.1, 0.15) is 67.1 Å². The highest BCUT2D eigenvalue weighted by Gasteiger charge is 2.74. The van der Waals surface area contributed by atoms with E-state index in [0.717, 1.165) is 5.57 Å². The molecule has 0 aromatic heterocycles. The van der Waals surface area contributed by atoms with E-state index in [2.05, 4.69) is 26.8 Å². The molecule has 18 heteroatoms. The first-order valence-corrected chi connectivity index (χ1v) is 24.3. The van der Waals surface area contributed by atoms with Crippen LogP contribution in [0.5, 0.6) is 0 Å². The van der Waals surface area contributed by atoms with Gasteiger partial charge in [-0.25, -0.2) is 0 Å². The molecule has 12 N–H and O–H groups in total. The van der Waals surface area contributed by atoms with Crippen molar-refractivity contribution < 1.29 is 89.7 Å². The topological polar surface area (TPSA) is 298 Å². The van der Waals surface area contributed by atoms with Crippen LogP contribution in [0, 0.1) is 45.3 Å². The van der Waals surface area contributed by atoms with Crippen molar-refractivity contribution in [3.63, 3.8) is 0 Å². The summed E-state index contributed by atoms with van der Waals surface area (Å²) in [4.78, 5) is 0. The third-order valence-corrected chi connectivity index (χ3v) is 18.7. The first kappa shape index (κ1) is 52.8. The minimum atomic E-state index is -1.75. The lowest BCUT2D eigenvalue weighted by Gasteiger charge is -2.72. The molecule has 0 bridgehead atoms. The van der Waals surface area contributed by atoms with Gasteiger partial charge in [0.25, 0.3) is 0 Å². The average molecular weight is 947 g/mol. The smallest absolute Gasteiger partial charge is 0.187 e. The molecule has 3 saturated heterocycles. The van der Waals surface area contributed by atoms with Gasteiger partial charge in [0.15, 0.2) is 18.9 Å². The number of fused-ring (bicyclic) bond motifs is 5. The molecule has 7 fully saturated rings. The maximum atomic E-state index is 12.7. The van der Waals surface area contributed by atoms with Crippen molar-refractivity contribution in [2.45, 2.75) is 230 Å². The number of hydrogen-bond acceptors (Lipinski definition) is 18. The van der Waals surface area contributed by atoms with Gasteiger partial charge >= 0.3 is 0 Å². The molecule has 0 spiro atoms. The molecule has 0 aromatic rings. The van der Waals surface area contributed by atoms with Crippen LogP contribution in [-0.2, 0) is 28.4 Å². The lowest BCUT2D eigenvalue weighted by molar-refractivity contribution is -0.382. The highest BCUT2D eigenvalue weighted by atomic mass is 16.8. The highest BCUT2D eigenvalue weighted by Crippen LogP contribution is 2.76. The molecule has 2 unspecified atom stereocenters. The molecule has 66 heavy (non-hydrogen) atoms. The largest absolute Gasteiger partial charge is 0.394 e. The summed E-state index contributed by atoms with van der Waals surface area (Å²) in [6, 6.07) is 0. The summed E-state index contributed by atoms with van der Waals surface area (Å²) in [6.45, 7) is 16.8. The first-order chi connectivity index (χ1) is 30.7. The summed E-state index contributed by atoms with van der Waals surface area (Å²) in [5, 5.41) is 132. The molecule has 0 amide bonds. The van der Waals surface area contributed by atoms with Crippen molar-refractivity contribution in [1.82, 2.24) is 0 Å². The van der Waals surface area contributed by atoms with Gasteiger partial charge < -0.3 is 89.7 Å². The van der Waals surface area contributed by atoms with Gasteiger partial charge in [0, 0.05) is 0 Å². The van der Waals surface area contributed by atoms with E-state index >= 15 is 0 Å². The average Bonchev–Trinajstić information content (AvgIpc) is 3.64. The molecule has 4 saturated carbocycles. The van der Waals surface area contributed by atoms with Crippen LogP contribution in [0.3, 0.4) is 0 Å². The van der Waals surface area contributed by atoms with Gasteiger partial charge in [-0.15, -0.1) is 0 Å². The Kier molecular flexibility index (Phi) is 15.4. The zero-order valence-corrected chi connectivity index (χ0v) is 40.2. The Morgan fingerprint density at radius 2 is 1.27 bits per heavy atom. The van der Waals surface area contributed by atoms with Crippen molar-refractivity contribution in [2.24, 2.45) is 45.3 Å². The quantitative estimate of drug-likeness (QED) is 0.0904. The van der Waals surface area contributed by atoms with E-state index < -0.39 is 151 Å². The van der Waals surface area contributed by atoms with Crippen molar-refractivity contribution in [1.29, 1.82) is 0 Å². The fraction of sp³-hybridized carbons (Fsp3) is 0.958. The van der Waals surface area contributed by atoms with Crippen LogP contribution in [0.2, 0.25) is 0 Å². The maximum Gasteiger partial charge on any atom is 0.187 e. The zero-order chi connectivity index (χ0) is 48.8. The number of rotatable bonds is 12. The van der Waals surface area contributed by atoms with E-state index in [0.29, 0.717) is 51.4 Å². The van der Waals surface area contributed by atoms with Crippen molar-refractivity contribution >= 4 is 0 Å². The number of aliphatic hydroxyl groups is 12. The third kappa shape index (κ3) is 8.69. The number of ether oxygens (including phenoxy) is 6. The second-order valence-corrected chi connectivity index (χ2v) is 23.0. The number of allylic oxidation sites excluding steroid dienone is 2. The molecule has 26 atom stereocenters. The Balaban J connectivity index is 1.27. The Morgan fingerprint density at radius 1 is 0.682 bits per heavy atom. The lowest BCUT2D eigenvalue weighted by atomic mass is 9.34. The number of hydrogen-bond donors (Lipinski definition) is 12. The van der Waals surface area contributed by atoms with Gasteiger partial charge in [-0.1, -0.05) is 46.3 Å². The molecule has 0 radical (unpaired) electrons. The fourth-order valence-corrected chi connectivity index (χ4v) is 14.9. The summed E-state index contributed by atoms with van der Waals surface area (Å²) in [6.07, 6.45) is -18.3. The van der Waals surface area contributed by atoms with E-state index in [1.807, 2.05) is 34.6 Å². The van der Waals surface area contributed by atoms with Gasteiger partial charge in [-0.2, -0.15) is 0 Å². The van der Waals surface area contributed by atoms with Gasteiger partial charge in [0.05, 0.1) is 43.2 Å². The molecule has 4 aliphatic carbocycles. The zero-order valence-electron chi connectivity index (χ0n) is 40.2. The molecule has 0 aromatic carbocycles. The van der Waals surface area contributed by atoms with E-state index in [4.69, 9.17) is 28.4 Å². The summed E-state index contributed by atoms with van der Waals surface area (Å²) in [5.74, 6) is -1.12.